The zero-order valence-electron chi connectivity index (χ0n) is 13.7. The van der Waals surface area contributed by atoms with Crippen molar-refractivity contribution in [3.63, 3.8) is 0 Å². The maximum absolute atomic E-state index is 12.6. The quantitative estimate of drug-likeness (QED) is 0.654. The fraction of sp³-hybridized carbons (Fsp3) is 0.556. The molecule has 24 heavy (non-hydrogen) atoms. The molecule has 0 bridgehead atoms. The molecular formula is C18H23ClN2O2S. The van der Waals surface area contributed by atoms with E-state index in [4.69, 9.17) is 28.6 Å². The second kappa shape index (κ2) is 8.28. The van der Waals surface area contributed by atoms with Gasteiger partial charge in [0.2, 0.25) is 0 Å². The van der Waals surface area contributed by atoms with Crippen LogP contribution in [0.4, 0.5) is 0 Å². The first-order valence-electron chi connectivity index (χ1n) is 8.57. The molecule has 6 heteroatoms. The lowest BCUT2D eigenvalue weighted by Crippen LogP contribution is -2.47. The minimum absolute atomic E-state index is 0.0726. The van der Waals surface area contributed by atoms with Gasteiger partial charge in [0.1, 0.15) is 0 Å². The Hall–Kier alpha value is -1.17. The Morgan fingerprint density at radius 2 is 1.96 bits per heavy atom. The second-order valence-electron chi connectivity index (χ2n) is 6.45. The summed E-state index contributed by atoms with van der Waals surface area (Å²) in [5.41, 5.74) is 0.747. The van der Waals surface area contributed by atoms with Gasteiger partial charge in [0.05, 0.1) is 6.10 Å². The number of piperidine rings is 1. The summed E-state index contributed by atoms with van der Waals surface area (Å²) in [6.07, 6.45) is 4.20. The van der Waals surface area contributed by atoms with Crippen LogP contribution in [-0.4, -0.2) is 48.1 Å². The van der Waals surface area contributed by atoms with Crippen molar-refractivity contribution in [2.24, 2.45) is 5.92 Å². The lowest BCUT2D eigenvalue weighted by molar-refractivity contribution is 0.0871. The van der Waals surface area contributed by atoms with Crippen LogP contribution in [0.25, 0.3) is 0 Å². The Morgan fingerprint density at radius 1 is 1.25 bits per heavy atom. The summed E-state index contributed by atoms with van der Waals surface area (Å²) >= 11 is 11.4. The molecule has 0 radical (unpaired) electrons. The van der Waals surface area contributed by atoms with Crippen molar-refractivity contribution < 1.29 is 9.53 Å². The molecule has 1 atom stereocenters. The maximum Gasteiger partial charge on any atom is 0.169 e. The van der Waals surface area contributed by atoms with E-state index in [0.717, 1.165) is 62.6 Å². The van der Waals surface area contributed by atoms with Crippen LogP contribution >= 0.6 is 23.8 Å². The average Bonchev–Trinajstić information content (AvgIpc) is 3.13. The molecule has 130 valence electrons. The first-order valence-corrected chi connectivity index (χ1v) is 9.36. The fourth-order valence-corrected chi connectivity index (χ4v) is 3.70. The molecular weight excluding hydrogens is 344 g/mol. The summed E-state index contributed by atoms with van der Waals surface area (Å²) in [6, 6.07) is 7.16. The van der Waals surface area contributed by atoms with Crippen molar-refractivity contribution in [3.05, 3.63) is 34.9 Å². The topological polar surface area (TPSA) is 41.6 Å². The summed E-state index contributed by atoms with van der Waals surface area (Å²) in [5.74, 6) is 0.285. The summed E-state index contributed by atoms with van der Waals surface area (Å²) in [5, 5.41) is 4.75. The molecule has 1 aromatic carbocycles. The van der Waals surface area contributed by atoms with Gasteiger partial charge < -0.3 is 15.0 Å². The van der Waals surface area contributed by atoms with E-state index in [-0.39, 0.29) is 17.8 Å². The molecule has 0 aromatic heterocycles. The van der Waals surface area contributed by atoms with Crippen molar-refractivity contribution in [3.8, 4) is 0 Å². The number of carbonyl (C=O) groups is 1. The molecule has 0 aliphatic carbocycles. The molecule has 2 heterocycles. The molecule has 0 spiro atoms. The van der Waals surface area contributed by atoms with Gasteiger partial charge in [-0.3, -0.25) is 4.79 Å². The van der Waals surface area contributed by atoms with Gasteiger partial charge in [0, 0.05) is 42.7 Å². The first-order chi connectivity index (χ1) is 11.6. The first kappa shape index (κ1) is 17.6. The van der Waals surface area contributed by atoms with Crippen molar-refractivity contribution in [2.75, 3.05) is 26.2 Å². The molecule has 2 aliphatic rings. The molecule has 1 N–H and O–H groups in total. The van der Waals surface area contributed by atoms with Gasteiger partial charge in [-0.15, -0.1) is 0 Å². The third kappa shape index (κ3) is 4.47. The van der Waals surface area contributed by atoms with Gasteiger partial charge in [0.25, 0.3) is 0 Å². The molecule has 3 rings (SSSR count). The molecule has 1 aromatic rings. The highest BCUT2D eigenvalue weighted by Gasteiger charge is 2.27. The largest absolute Gasteiger partial charge is 0.376 e. The van der Waals surface area contributed by atoms with E-state index in [2.05, 4.69) is 10.2 Å². The van der Waals surface area contributed by atoms with Crippen LogP contribution in [-0.2, 0) is 4.74 Å². The standard InChI is InChI=1S/C18H23ClN2O2S/c19-15-5-3-13(4-6-15)17(22)14-7-9-21(10-8-14)18(24)20-12-16-2-1-11-23-16/h3-6,14,16H,1-2,7-12H2,(H,20,24)/t16-/m1/s1. The lowest BCUT2D eigenvalue weighted by atomic mass is 9.89. The van der Waals surface area contributed by atoms with Gasteiger partial charge in [-0.1, -0.05) is 11.6 Å². The van der Waals surface area contributed by atoms with Crippen LogP contribution in [0.15, 0.2) is 24.3 Å². The zero-order valence-corrected chi connectivity index (χ0v) is 15.2. The van der Waals surface area contributed by atoms with Gasteiger partial charge in [0.15, 0.2) is 10.9 Å². The third-order valence-corrected chi connectivity index (χ3v) is 5.44. The number of carbonyl (C=O) groups excluding carboxylic acids is 1. The molecule has 2 aliphatic heterocycles. The number of ketones is 1. The molecule has 2 fully saturated rings. The van der Waals surface area contributed by atoms with Crippen LogP contribution in [0.3, 0.4) is 0 Å². The van der Waals surface area contributed by atoms with Crippen molar-refractivity contribution >= 4 is 34.7 Å². The minimum atomic E-state index is 0.0726. The predicted octanol–water partition coefficient (Wildman–Crippen LogP) is 3.29. The number of thiocarbonyl (C=S) groups is 1. The van der Waals surface area contributed by atoms with E-state index in [1.54, 1.807) is 12.1 Å². The van der Waals surface area contributed by atoms with Crippen molar-refractivity contribution in [1.29, 1.82) is 0 Å². The highest BCUT2D eigenvalue weighted by atomic mass is 35.5. The van der Waals surface area contributed by atoms with Crippen LogP contribution in [0.2, 0.25) is 5.02 Å². The van der Waals surface area contributed by atoms with E-state index in [1.165, 1.54) is 0 Å². The van der Waals surface area contributed by atoms with E-state index in [9.17, 15) is 4.79 Å². The number of nitrogens with zero attached hydrogens (tertiary/aromatic N) is 1. The van der Waals surface area contributed by atoms with E-state index in [0.29, 0.717) is 5.02 Å². The van der Waals surface area contributed by atoms with Crippen LogP contribution in [0, 0.1) is 5.92 Å². The molecule has 0 amide bonds. The van der Waals surface area contributed by atoms with E-state index >= 15 is 0 Å². The number of nitrogens with one attached hydrogen (secondary N) is 1. The van der Waals surface area contributed by atoms with Crippen LogP contribution in [0.5, 0.6) is 0 Å². The number of rotatable bonds is 4. The molecule has 0 unspecified atom stereocenters. The van der Waals surface area contributed by atoms with Crippen LogP contribution in [0.1, 0.15) is 36.0 Å². The number of ether oxygens (including phenoxy) is 1. The normalized spacial score (nSPS) is 21.7. The maximum atomic E-state index is 12.6. The summed E-state index contributed by atoms with van der Waals surface area (Å²) in [4.78, 5) is 14.7. The number of hydrogen-bond donors (Lipinski definition) is 1. The van der Waals surface area contributed by atoms with E-state index < -0.39 is 0 Å². The molecule has 2 saturated heterocycles. The number of benzene rings is 1. The van der Waals surface area contributed by atoms with Gasteiger partial charge in [-0.25, -0.2) is 0 Å². The second-order valence-corrected chi connectivity index (χ2v) is 7.28. The number of hydrogen-bond acceptors (Lipinski definition) is 3. The number of likely N-dealkylation sites (tertiary alicyclic amines) is 1. The zero-order chi connectivity index (χ0) is 16.9. The van der Waals surface area contributed by atoms with Crippen molar-refractivity contribution in [2.45, 2.75) is 31.8 Å². The lowest BCUT2D eigenvalue weighted by Gasteiger charge is -2.33. The Balaban J connectivity index is 1.45. The monoisotopic (exact) mass is 366 g/mol. The molecule has 0 saturated carbocycles. The Kier molecular flexibility index (Phi) is 6.09. The SMILES string of the molecule is O=C(c1ccc(Cl)cc1)C1CCN(C(=S)NC[C@H]2CCCO2)CC1. The average molecular weight is 367 g/mol. The smallest absolute Gasteiger partial charge is 0.169 e. The summed E-state index contributed by atoms with van der Waals surface area (Å²) < 4.78 is 5.60. The number of halogens is 1. The van der Waals surface area contributed by atoms with Crippen molar-refractivity contribution in [1.82, 2.24) is 10.2 Å². The highest BCUT2D eigenvalue weighted by molar-refractivity contribution is 7.80. The number of Topliss-reactive ketones (excluding diaryl/α,β-unsaturated/α-hetero) is 1. The Labute approximate surface area is 153 Å². The van der Waals surface area contributed by atoms with E-state index in [1.807, 2.05) is 12.1 Å². The van der Waals surface area contributed by atoms with Crippen LogP contribution < -0.4 is 5.32 Å². The molecule has 4 nitrogen and oxygen atoms in total. The van der Waals surface area contributed by atoms with Gasteiger partial charge in [-0.2, -0.15) is 0 Å². The Morgan fingerprint density at radius 3 is 2.58 bits per heavy atom. The Bertz CT molecular complexity index is 579. The van der Waals surface area contributed by atoms with Gasteiger partial charge >= 0.3 is 0 Å². The third-order valence-electron chi connectivity index (χ3n) is 4.79. The highest BCUT2D eigenvalue weighted by Crippen LogP contribution is 2.23. The minimum Gasteiger partial charge on any atom is -0.376 e. The fourth-order valence-electron chi connectivity index (χ4n) is 3.31. The summed E-state index contributed by atoms with van der Waals surface area (Å²) in [6.45, 7) is 3.28. The predicted molar refractivity (Wildman–Crippen MR) is 99.7 cm³/mol. The van der Waals surface area contributed by atoms with Gasteiger partial charge in [-0.05, 0) is 62.2 Å². The summed E-state index contributed by atoms with van der Waals surface area (Å²) in [7, 11) is 0.